The molecular weight excluding hydrogens is 302 g/mol. The van der Waals surface area contributed by atoms with Crippen molar-refractivity contribution < 1.29 is 14.2 Å². The lowest BCUT2D eigenvalue weighted by molar-refractivity contribution is 0.174. The summed E-state index contributed by atoms with van der Waals surface area (Å²) in [5, 5.41) is 3.98. The molecule has 0 amide bonds. The number of hydrogen-bond donors (Lipinski definition) is 1. The Kier molecular flexibility index (Phi) is 4.59. The van der Waals surface area contributed by atoms with E-state index in [0.29, 0.717) is 18.2 Å². The van der Waals surface area contributed by atoms with Crippen LogP contribution in [0.15, 0.2) is 36.4 Å². The summed E-state index contributed by atoms with van der Waals surface area (Å²) in [4.78, 5) is 0. The maximum Gasteiger partial charge on any atom is 0.231 e. The third-order valence-electron chi connectivity index (χ3n) is 3.33. The zero-order valence-electron chi connectivity index (χ0n) is 12.4. The van der Waals surface area contributed by atoms with Crippen molar-refractivity contribution in [1.29, 1.82) is 0 Å². The largest absolute Gasteiger partial charge is 0.492 e. The third kappa shape index (κ3) is 3.39. The number of ether oxygens (including phenoxy) is 3. The summed E-state index contributed by atoms with van der Waals surface area (Å²) in [5.74, 6) is 2.28. The zero-order valence-corrected chi connectivity index (χ0v) is 13.2. The van der Waals surface area contributed by atoms with Crippen LogP contribution in [-0.4, -0.2) is 13.4 Å². The lowest BCUT2D eigenvalue weighted by Gasteiger charge is -2.10. The van der Waals surface area contributed by atoms with Crippen molar-refractivity contribution in [1.82, 2.24) is 0 Å². The van der Waals surface area contributed by atoms with Gasteiger partial charge in [-0.15, -0.1) is 0 Å². The van der Waals surface area contributed by atoms with Crippen LogP contribution in [0.5, 0.6) is 17.2 Å². The van der Waals surface area contributed by atoms with Crippen molar-refractivity contribution in [3.63, 3.8) is 0 Å². The summed E-state index contributed by atoms with van der Waals surface area (Å²) in [6.45, 7) is 3.70. The molecule has 0 saturated heterocycles. The maximum absolute atomic E-state index is 6.23. The second kappa shape index (κ2) is 6.79. The quantitative estimate of drug-likeness (QED) is 0.852. The molecule has 1 heterocycles. The molecule has 1 aliphatic rings. The molecule has 2 aromatic carbocycles. The van der Waals surface area contributed by atoms with Gasteiger partial charge in [0.05, 0.1) is 11.6 Å². The summed E-state index contributed by atoms with van der Waals surface area (Å²) >= 11 is 6.23. The second-order valence-corrected chi connectivity index (χ2v) is 5.44. The Labute approximate surface area is 135 Å². The number of fused-ring (bicyclic) bond motifs is 1. The molecule has 4 nitrogen and oxygen atoms in total. The monoisotopic (exact) mass is 319 g/mol. The molecule has 0 aromatic heterocycles. The van der Waals surface area contributed by atoms with E-state index >= 15 is 0 Å². The fourth-order valence-electron chi connectivity index (χ4n) is 2.19. The minimum absolute atomic E-state index is 0.285. The van der Waals surface area contributed by atoms with Gasteiger partial charge in [0.15, 0.2) is 11.5 Å². The highest BCUT2D eigenvalue weighted by atomic mass is 35.5. The molecule has 5 heteroatoms. The second-order valence-electron chi connectivity index (χ2n) is 5.03. The summed E-state index contributed by atoms with van der Waals surface area (Å²) in [6.07, 6.45) is 0.962. The molecule has 1 aliphatic heterocycles. The highest BCUT2D eigenvalue weighted by molar-refractivity contribution is 6.32. The van der Waals surface area contributed by atoms with Crippen LogP contribution in [0.4, 0.5) is 5.69 Å². The van der Waals surface area contributed by atoms with Gasteiger partial charge in [0.2, 0.25) is 6.79 Å². The SMILES string of the molecule is CCCOc1ccc(CNc2ccc3c(c2)OCO3)cc1Cl. The molecule has 3 rings (SSSR count). The zero-order chi connectivity index (χ0) is 15.4. The van der Waals surface area contributed by atoms with Crippen molar-refractivity contribution in [2.75, 3.05) is 18.7 Å². The highest BCUT2D eigenvalue weighted by Gasteiger charge is 2.13. The number of benzene rings is 2. The van der Waals surface area contributed by atoms with Gasteiger partial charge in [-0.3, -0.25) is 0 Å². The van der Waals surface area contributed by atoms with Crippen molar-refractivity contribution in [3.8, 4) is 17.2 Å². The summed E-state index contributed by atoms with van der Waals surface area (Å²) in [7, 11) is 0. The summed E-state index contributed by atoms with van der Waals surface area (Å²) in [5.41, 5.74) is 2.07. The Morgan fingerprint density at radius 2 is 2.00 bits per heavy atom. The predicted octanol–water partition coefficient (Wildman–Crippen LogP) is 4.47. The third-order valence-corrected chi connectivity index (χ3v) is 3.62. The van der Waals surface area contributed by atoms with Gasteiger partial charge < -0.3 is 19.5 Å². The molecule has 0 spiro atoms. The lowest BCUT2D eigenvalue weighted by atomic mass is 10.2. The average molecular weight is 320 g/mol. The molecular formula is C17H18ClNO3. The topological polar surface area (TPSA) is 39.7 Å². The van der Waals surface area contributed by atoms with Crippen LogP contribution in [-0.2, 0) is 6.54 Å². The first-order valence-corrected chi connectivity index (χ1v) is 7.69. The number of hydrogen-bond acceptors (Lipinski definition) is 4. The fraction of sp³-hybridized carbons (Fsp3) is 0.294. The molecule has 0 atom stereocenters. The van der Waals surface area contributed by atoms with Crippen LogP contribution in [0.25, 0.3) is 0 Å². The van der Waals surface area contributed by atoms with Gasteiger partial charge in [-0.05, 0) is 36.2 Å². The van der Waals surface area contributed by atoms with E-state index in [-0.39, 0.29) is 6.79 Å². The van der Waals surface area contributed by atoms with E-state index in [4.69, 9.17) is 25.8 Å². The Hall–Kier alpha value is -2.07. The van der Waals surface area contributed by atoms with Gasteiger partial charge in [0.1, 0.15) is 5.75 Å². The van der Waals surface area contributed by atoms with Crippen LogP contribution in [0.2, 0.25) is 5.02 Å². The number of nitrogens with one attached hydrogen (secondary N) is 1. The number of rotatable bonds is 6. The van der Waals surface area contributed by atoms with E-state index < -0.39 is 0 Å². The van der Waals surface area contributed by atoms with E-state index in [1.165, 1.54) is 0 Å². The van der Waals surface area contributed by atoms with E-state index in [2.05, 4.69) is 12.2 Å². The van der Waals surface area contributed by atoms with Gasteiger partial charge in [0, 0.05) is 18.3 Å². The molecule has 0 saturated carbocycles. The highest BCUT2D eigenvalue weighted by Crippen LogP contribution is 2.34. The van der Waals surface area contributed by atoms with Gasteiger partial charge in [-0.25, -0.2) is 0 Å². The van der Waals surface area contributed by atoms with Gasteiger partial charge in [0.25, 0.3) is 0 Å². The van der Waals surface area contributed by atoms with Gasteiger partial charge in [-0.2, -0.15) is 0 Å². The van der Waals surface area contributed by atoms with Crippen LogP contribution in [0.3, 0.4) is 0 Å². The Morgan fingerprint density at radius 3 is 2.82 bits per heavy atom. The first-order chi connectivity index (χ1) is 10.8. The average Bonchev–Trinajstić information content (AvgIpc) is 2.99. The first kappa shape index (κ1) is 14.9. The van der Waals surface area contributed by atoms with E-state index in [0.717, 1.165) is 34.9 Å². The molecule has 0 unspecified atom stereocenters. The molecule has 0 aliphatic carbocycles. The lowest BCUT2D eigenvalue weighted by Crippen LogP contribution is -2.00. The molecule has 0 radical (unpaired) electrons. The number of anilines is 1. The minimum Gasteiger partial charge on any atom is -0.492 e. The molecule has 0 bridgehead atoms. The molecule has 22 heavy (non-hydrogen) atoms. The molecule has 2 aromatic rings. The van der Waals surface area contributed by atoms with E-state index in [1.807, 2.05) is 36.4 Å². The molecule has 0 fully saturated rings. The van der Waals surface area contributed by atoms with Crippen molar-refractivity contribution >= 4 is 17.3 Å². The Balaban J connectivity index is 1.62. The normalized spacial score (nSPS) is 12.3. The molecule has 116 valence electrons. The minimum atomic E-state index is 0.285. The Morgan fingerprint density at radius 1 is 1.14 bits per heavy atom. The molecule has 1 N–H and O–H groups in total. The van der Waals surface area contributed by atoms with Crippen molar-refractivity contribution in [3.05, 3.63) is 47.0 Å². The van der Waals surface area contributed by atoms with E-state index in [9.17, 15) is 0 Å². The Bertz CT molecular complexity index is 660. The summed E-state index contributed by atoms with van der Waals surface area (Å²) < 4.78 is 16.2. The van der Waals surface area contributed by atoms with Crippen LogP contribution in [0.1, 0.15) is 18.9 Å². The smallest absolute Gasteiger partial charge is 0.231 e. The summed E-state index contributed by atoms with van der Waals surface area (Å²) in [6, 6.07) is 11.6. The van der Waals surface area contributed by atoms with Gasteiger partial charge in [-0.1, -0.05) is 24.6 Å². The maximum atomic E-state index is 6.23. The standard InChI is InChI=1S/C17H18ClNO3/c1-2-7-20-15-5-3-12(8-14(15)18)10-19-13-4-6-16-17(9-13)22-11-21-16/h3-6,8-9,19H,2,7,10-11H2,1H3. The van der Waals surface area contributed by atoms with Crippen molar-refractivity contribution in [2.45, 2.75) is 19.9 Å². The van der Waals surface area contributed by atoms with Crippen LogP contribution < -0.4 is 19.5 Å². The van der Waals surface area contributed by atoms with Crippen LogP contribution >= 0.6 is 11.6 Å². The van der Waals surface area contributed by atoms with Gasteiger partial charge >= 0.3 is 0 Å². The first-order valence-electron chi connectivity index (χ1n) is 7.31. The van der Waals surface area contributed by atoms with Crippen molar-refractivity contribution in [2.24, 2.45) is 0 Å². The van der Waals surface area contributed by atoms with Crippen LogP contribution in [0, 0.1) is 0 Å². The number of halogens is 1. The predicted molar refractivity (Wildman–Crippen MR) is 87.1 cm³/mol. The fourth-order valence-corrected chi connectivity index (χ4v) is 2.45. The van der Waals surface area contributed by atoms with E-state index in [1.54, 1.807) is 0 Å².